The molecule has 1 aliphatic rings. The molecule has 1 saturated heterocycles. The third kappa shape index (κ3) is 7.83. The van der Waals surface area contributed by atoms with Crippen LogP contribution in [0.5, 0.6) is 5.75 Å². The minimum Gasteiger partial charge on any atom is -0.495 e. The standard InChI is InChI=1S/C28H33N7OS/c1-21-20-22(2)30-26(29-21)32-27(33-28(37)31-24-13-7-8-14-25(24)36-3)35-18-16-34(17-19-35)15-9-12-23-10-5-4-6-11-23/h4-14,20H,15-19H2,1-3H3,(H2,29,30,31,32,33,37)/b12-9+. The molecule has 0 saturated carbocycles. The Bertz CT molecular complexity index is 1230. The van der Waals surface area contributed by atoms with Gasteiger partial charge in [-0.25, -0.2) is 9.97 Å². The van der Waals surface area contributed by atoms with E-state index >= 15 is 0 Å². The van der Waals surface area contributed by atoms with Crippen LogP contribution >= 0.6 is 12.2 Å². The van der Waals surface area contributed by atoms with Gasteiger partial charge in [0.15, 0.2) is 0 Å². The molecular formula is C28H33N7OS. The molecule has 4 rings (SSSR count). The van der Waals surface area contributed by atoms with Gasteiger partial charge in [0, 0.05) is 44.1 Å². The normalized spacial score (nSPS) is 14.6. The molecule has 0 unspecified atom stereocenters. The quantitative estimate of drug-likeness (QED) is 0.280. The van der Waals surface area contributed by atoms with Gasteiger partial charge in [-0.2, -0.15) is 4.99 Å². The van der Waals surface area contributed by atoms with Crippen LogP contribution < -0.4 is 15.4 Å². The Kier molecular flexibility index (Phi) is 9.18. The van der Waals surface area contributed by atoms with E-state index in [1.54, 1.807) is 7.11 Å². The number of piperazine rings is 1. The van der Waals surface area contributed by atoms with E-state index in [4.69, 9.17) is 21.9 Å². The van der Waals surface area contributed by atoms with Crippen LogP contribution in [0.4, 0.5) is 11.6 Å². The van der Waals surface area contributed by atoms with E-state index in [0.717, 1.165) is 49.8 Å². The molecule has 37 heavy (non-hydrogen) atoms. The maximum absolute atomic E-state index is 5.60. The third-order valence-corrected chi connectivity index (χ3v) is 6.10. The molecular weight excluding hydrogens is 482 g/mol. The number of thiocarbonyl (C=S) groups is 1. The Morgan fingerprint density at radius 3 is 2.35 bits per heavy atom. The third-order valence-electron chi connectivity index (χ3n) is 5.91. The van der Waals surface area contributed by atoms with Gasteiger partial charge in [-0.1, -0.05) is 54.6 Å². The number of hydrogen-bond acceptors (Lipinski definition) is 5. The van der Waals surface area contributed by atoms with Crippen LogP contribution in [0.15, 0.2) is 71.7 Å². The summed E-state index contributed by atoms with van der Waals surface area (Å²) < 4.78 is 5.43. The van der Waals surface area contributed by atoms with Gasteiger partial charge in [0.2, 0.25) is 17.0 Å². The second-order valence-electron chi connectivity index (χ2n) is 8.77. The van der Waals surface area contributed by atoms with Crippen LogP contribution in [0.3, 0.4) is 0 Å². The molecule has 0 amide bonds. The van der Waals surface area contributed by atoms with Gasteiger partial charge >= 0.3 is 0 Å². The zero-order valence-corrected chi connectivity index (χ0v) is 22.3. The lowest BCUT2D eigenvalue weighted by Gasteiger charge is -2.35. The van der Waals surface area contributed by atoms with E-state index in [1.807, 2.05) is 50.2 Å². The van der Waals surface area contributed by atoms with Crippen molar-refractivity contribution in [2.75, 3.05) is 50.5 Å². The van der Waals surface area contributed by atoms with E-state index in [0.29, 0.717) is 22.8 Å². The highest BCUT2D eigenvalue weighted by Gasteiger charge is 2.21. The van der Waals surface area contributed by atoms with E-state index in [9.17, 15) is 0 Å². The summed E-state index contributed by atoms with van der Waals surface area (Å²) in [6, 6.07) is 19.9. The van der Waals surface area contributed by atoms with E-state index in [-0.39, 0.29) is 0 Å². The largest absolute Gasteiger partial charge is 0.495 e. The summed E-state index contributed by atoms with van der Waals surface area (Å²) in [5.74, 6) is 1.82. The molecule has 3 aromatic rings. The van der Waals surface area contributed by atoms with Crippen molar-refractivity contribution in [2.45, 2.75) is 13.8 Å². The molecule has 2 heterocycles. The zero-order valence-electron chi connectivity index (χ0n) is 21.5. The van der Waals surface area contributed by atoms with Crippen molar-refractivity contribution in [1.29, 1.82) is 0 Å². The number of ether oxygens (including phenoxy) is 1. The fraction of sp³-hybridized carbons (Fsp3) is 0.286. The van der Waals surface area contributed by atoms with E-state index in [1.165, 1.54) is 5.56 Å². The summed E-state index contributed by atoms with van der Waals surface area (Å²) in [6.07, 6.45) is 4.38. The molecule has 0 atom stereocenters. The molecule has 1 aliphatic heterocycles. The molecule has 2 aromatic carbocycles. The van der Waals surface area contributed by atoms with E-state index < -0.39 is 0 Å². The van der Waals surface area contributed by atoms with Crippen molar-refractivity contribution < 1.29 is 4.74 Å². The van der Waals surface area contributed by atoms with Crippen LogP contribution in [0.1, 0.15) is 17.0 Å². The first kappa shape index (κ1) is 26.2. The number of benzene rings is 2. The topological polar surface area (TPSA) is 77.9 Å². The van der Waals surface area contributed by atoms with Crippen molar-refractivity contribution >= 4 is 41.0 Å². The van der Waals surface area contributed by atoms with Crippen molar-refractivity contribution in [2.24, 2.45) is 4.99 Å². The Balaban J connectivity index is 1.45. The summed E-state index contributed by atoms with van der Waals surface area (Å²) >= 11 is 5.60. The summed E-state index contributed by atoms with van der Waals surface area (Å²) in [4.78, 5) is 18.4. The highest BCUT2D eigenvalue weighted by Crippen LogP contribution is 2.23. The molecule has 192 valence electrons. The monoisotopic (exact) mass is 515 g/mol. The molecule has 0 aliphatic carbocycles. The predicted octanol–water partition coefficient (Wildman–Crippen LogP) is 4.60. The minimum absolute atomic E-state index is 0.324. The van der Waals surface area contributed by atoms with Gasteiger partial charge in [0.1, 0.15) is 5.75 Å². The van der Waals surface area contributed by atoms with Gasteiger partial charge in [-0.3, -0.25) is 10.2 Å². The Labute approximate surface area is 224 Å². The Hall–Kier alpha value is -3.82. The lowest BCUT2D eigenvalue weighted by Crippen LogP contribution is -2.51. The number of hydrogen-bond donors (Lipinski definition) is 2. The van der Waals surface area contributed by atoms with Crippen LogP contribution in [-0.4, -0.2) is 70.7 Å². The van der Waals surface area contributed by atoms with Gasteiger partial charge in [-0.15, -0.1) is 0 Å². The Morgan fingerprint density at radius 1 is 0.973 bits per heavy atom. The first-order valence-corrected chi connectivity index (χ1v) is 12.7. The average molecular weight is 516 g/mol. The molecule has 2 N–H and O–H groups in total. The van der Waals surface area contributed by atoms with Gasteiger partial charge in [0.25, 0.3) is 0 Å². The van der Waals surface area contributed by atoms with Gasteiger partial charge in [-0.05, 0) is 49.8 Å². The van der Waals surface area contributed by atoms with Gasteiger partial charge in [0.05, 0.1) is 12.8 Å². The Morgan fingerprint density at radius 2 is 1.65 bits per heavy atom. The first-order chi connectivity index (χ1) is 18.0. The zero-order chi connectivity index (χ0) is 26.0. The second-order valence-corrected chi connectivity index (χ2v) is 9.15. The number of anilines is 2. The molecule has 8 nitrogen and oxygen atoms in total. The van der Waals surface area contributed by atoms with Crippen molar-refractivity contribution in [3.05, 3.63) is 83.7 Å². The molecule has 9 heteroatoms. The summed E-state index contributed by atoms with van der Waals surface area (Å²) in [5, 5.41) is 6.83. The molecule has 0 spiro atoms. The average Bonchev–Trinajstić information content (AvgIpc) is 2.89. The van der Waals surface area contributed by atoms with Crippen LogP contribution in [0.25, 0.3) is 6.08 Å². The van der Waals surface area contributed by atoms with Gasteiger partial charge < -0.3 is 15.0 Å². The predicted molar refractivity (Wildman–Crippen MR) is 155 cm³/mol. The van der Waals surface area contributed by atoms with Crippen molar-refractivity contribution in [1.82, 2.24) is 19.8 Å². The van der Waals surface area contributed by atoms with Crippen LogP contribution in [-0.2, 0) is 0 Å². The minimum atomic E-state index is 0.324. The van der Waals surface area contributed by atoms with Crippen LogP contribution in [0.2, 0.25) is 0 Å². The van der Waals surface area contributed by atoms with Crippen LogP contribution in [0, 0.1) is 13.8 Å². The summed E-state index contributed by atoms with van der Waals surface area (Å²) in [6.45, 7) is 8.20. The smallest absolute Gasteiger partial charge is 0.229 e. The SMILES string of the molecule is COc1ccccc1NC(=S)/N=C(/Nc1nc(C)cc(C)n1)N1CCN(C/C=C/c2ccccc2)CC1. The number of guanidine groups is 1. The number of nitrogens with zero attached hydrogens (tertiary/aromatic N) is 5. The van der Waals surface area contributed by atoms with Crippen molar-refractivity contribution in [3.63, 3.8) is 0 Å². The molecule has 1 fully saturated rings. The van der Waals surface area contributed by atoms with Crippen molar-refractivity contribution in [3.8, 4) is 5.75 Å². The number of aryl methyl sites for hydroxylation is 2. The number of para-hydroxylation sites is 2. The highest BCUT2D eigenvalue weighted by atomic mass is 32.1. The maximum Gasteiger partial charge on any atom is 0.229 e. The lowest BCUT2D eigenvalue weighted by atomic mass is 10.2. The lowest BCUT2D eigenvalue weighted by molar-refractivity contribution is 0.198. The second kappa shape index (κ2) is 12.9. The molecule has 0 bridgehead atoms. The number of aromatic nitrogens is 2. The maximum atomic E-state index is 5.60. The number of rotatable bonds is 6. The molecule has 0 radical (unpaired) electrons. The summed E-state index contributed by atoms with van der Waals surface area (Å²) in [7, 11) is 1.63. The molecule has 1 aromatic heterocycles. The highest BCUT2D eigenvalue weighted by molar-refractivity contribution is 7.80. The fourth-order valence-corrected chi connectivity index (χ4v) is 4.29. The number of methoxy groups -OCH3 is 1. The fourth-order valence-electron chi connectivity index (χ4n) is 4.09. The first-order valence-electron chi connectivity index (χ1n) is 12.3. The number of aliphatic imine (C=N–C) groups is 1. The number of nitrogens with one attached hydrogen (secondary N) is 2. The summed E-state index contributed by atoms with van der Waals surface area (Å²) in [5.41, 5.74) is 3.75. The van der Waals surface area contributed by atoms with E-state index in [2.05, 4.69) is 66.8 Å².